The number of benzene rings is 1. The summed E-state index contributed by atoms with van der Waals surface area (Å²) in [5.41, 5.74) is 2.55. The second-order valence-corrected chi connectivity index (χ2v) is 6.17. The molecular formula is C17H24N4OS. The molecular weight excluding hydrogens is 308 g/mol. The number of hydrogen-bond acceptors (Lipinski definition) is 4. The molecule has 3 N–H and O–H groups in total. The van der Waals surface area contributed by atoms with Crippen LogP contribution in [0.15, 0.2) is 30.0 Å². The SMILES string of the molecule is C1CCNCC1.CN(C)c1ccc(C=C2NC(=S)NC2=O)cc1. The molecule has 6 heteroatoms. The number of rotatable bonds is 2. The summed E-state index contributed by atoms with van der Waals surface area (Å²) in [6.45, 7) is 2.50. The quantitative estimate of drug-likeness (QED) is 0.570. The fourth-order valence-corrected chi connectivity index (χ4v) is 2.52. The Morgan fingerprint density at radius 3 is 2.09 bits per heavy atom. The number of carbonyl (C=O) groups is 1. The molecule has 0 aliphatic carbocycles. The molecule has 0 aromatic heterocycles. The van der Waals surface area contributed by atoms with Crippen LogP contribution in [-0.4, -0.2) is 38.2 Å². The molecule has 23 heavy (non-hydrogen) atoms. The van der Waals surface area contributed by atoms with Crippen molar-refractivity contribution in [3.05, 3.63) is 35.5 Å². The van der Waals surface area contributed by atoms with E-state index in [9.17, 15) is 4.79 Å². The molecule has 1 amide bonds. The lowest BCUT2D eigenvalue weighted by atomic mass is 10.1. The summed E-state index contributed by atoms with van der Waals surface area (Å²) in [5, 5.41) is 8.97. The van der Waals surface area contributed by atoms with Crippen LogP contribution in [0.4, 0.5) is 5.69 Å². The van der Waals surface area contributed by atoms with Crippen LogP contribution in [0.1, 0.15) is 24.8 Å². The van der Waals surface area contributed by atoms with E-state index < -0.39 is 0 Å². The van der Waals surface area contributed by atoms with Gasteiger partial charge in [0.25, 0.3) is 5.91 Å². The van der Waals surface area contributed by atoms with E-state index in [1.807, 2.05) is 43.3 Å². The van der Waals surface area contributed by atoms with Gasteiger partial charge in [0.2, 0.25) is 0 Å². The number of amides is 1. The molecule has 124 valence electrons. The highest BCUT2D eigenvalue weighted by Crippen LogP contribution is 2.14. The summed E-state index contributed by atoms with van der Waals surface area (Å²) in [6, 6.07) is 7.91. The predicted molar refractivity (Wildman–Crippen MR) is 99.3 cm³/mol. The van der Waals surface area contributed by atoms with E-state index in [2.05, 4.69) is 16.0 Å². The topological polar surface area (TPSA) is 56.4 Å². The van der Waals surface area contributed by atoms with Gasteiger partial charge in [-0.25, -0.2) is 0 Å². The van der Waals surface area contributed by atoms with Crippen LogP contribution in [0.25, 0.3) is 6.08 Å². The molecule has 0 bridgehead atoms. The molecule has 2 aliphatic heterocycles. The summed E-state index contributed by atoms with van der Waals surface area (Å²) in [4.78, 5) is 13.4. The van der Waals surface area contributed by atoms with Crippen molar-refractivity contribution in [1.29, 1.82) is 0 Å². The van der Waals surface area contributed by atoms with E-state index in [-0.39, 0.29) is 5.91 Å². The molecule has 2 saturated heterocycles. The van der Waals surface area contributed by atoms with E-state index in [4.69, 9.17) is 12.2 Å². The second kappa shape index (κ2) is 8.64. The fourth-order valence-electron chi connectivity index (χ4n) is 2.32. The van der Waals surface area contributed by atoms with Gasteiger partial charge in [-0.1, -0.05) is 18.6 Å². The zero-order chi connectivity index (χ0) is 16.7. The van der Waals surface area contributed by atoms with Gasteiger partial charge in [-0.3, -0.25) is 10.1 Å². The average molecular weight is 332 g/mol. The van der Waals surface area contributed by atoms with Crippen molar-refractivity contribution in [2.24, 2.45) is 0 Å². The fraction of sp³-hybridized carbons (Fsp3) is 0.412. The lowest BCUT2D eigenvalue weighted by Crippen LogP contribution is -2.21. The Morgan fingerprint density at radius 2 is 1.70 bits per heavy atom. The van der Waals surface area contributed by atoms with Gasteiger partial charge in [0.15, 0.2) is 5.11 Å². The van der Waals surface area contributed by atoms with Gasteiger partial charge >= 0.3 is 0 Å². The number of hydrogen-bond donors (Lipinski definition) is 3. The molecule has 1 aromatic rings. The average Bonchev–Trinajstić information content (AvgIpc) is 2.88. The number of nitrogens with one attached hydrogen (secondary N) is 3. The zero-order valence-corrected chi connectivity index (χ0v) is 14.5. The van der Waals surface area contributed by atoms with Gasteiger partial charge in [-0.15, -0.1) is 0 Å². The lowest BCUT2D eigenvalue weighted by Gasteiger charge is -2.11. The molecule has 2 heterocycles. The van der Waals surface area contributed by atoms with Crippen molar-refractivity contribution < 1.29 is 4.79 Å². The maximum Gasteiger partial charge on any atom is 0.273 e. The zero-order valence-electron chi connectivity index (χ0n) is 13.7. The summed E-state index contributed by atoms with van der Waals surface area (Å²) in [5.74, 6) is -0.188. The van der Waals surface area contributed by atoms with Crippen LogP contribution < -0.4 is 20.9 Å². The highest BCUT2D eigenvalue weighted by atomic mass is 32.1. The van der Waals surface area contributed by atoms with Crippen molar-refractivity contribution in [1.82, 2.24) is 16.0 Å². The first-order valence-corrected chi connectivity index (χ1v) is 8.29. The minimum absolute atomic E-state index is 0.188. The maximum absolute atomic E-state index is 11.4. The number of piperidine rings is 1. The van der Waals surface area contributed by atoms with E-state index in [0.29, 0.717) is 10.8 Å². The van der Waals surface area contributed by atoms with Crippen molar-refractivity contribution in [3.63, 3.8) is 0 Å². The van der Waals surface area contributed by atoms with Gasteiger partial charge < -0.3 is 15.5 Å². The van der Waals surface area contributed by atoms with Crippen LogP contribution in [0, 0.1) is 0 Å². The van der Waals surface area contributed by atoms with Crippen molar-refractivity contribution in [2.75, 3.05) is 32.1 Å². The Morgan fingerprint density at radius 1 is 1.04 bits per heavy atom. The molecule has 2 fully saturated rings. The Labute approximate surface area is 143 Å². The smallest absolute Gasteiger partial charge is 0.273 e. The lowest BCUT2D eigenvalue weighted by molar-refractivity contribution is -0.115. The normalized spacial score (nSPS) is 18.8. The Hall–Kier alpha value is -1.92. The van der Waals surface area contributed by atoms with Crippen molar-refractivity contribution in [3.8, 4) is 0 Å². The van der Waals surface area contributed by atoms with Crippen LogP contribution in [0.5, 0.6) is 0 Å². The Kier molecular flexibility index (Phi) is 6.55. The molecule has 0 saturated carbocycles. The summed E-state index contributed by atoms with van der Waals surface area (Å²) in [7, 11) is 3.97. The number of thiocarbonyl (C=S) groups is 1. The van der Waals surface area contributed by atoms with Crippen LogP contribution in [0.2, 0.25) is 0 Å². The van der Waals surface area contributed by atoms with E-state index in [1.165, 1.54) is 32.4 Å². The summed E-state index contributed by atoms with van der Waals surface area (Å²) < 4.78 is 0. The minimum atomic E-state index is -0.188. The third-order valence-electron chi connectivity index (χ3n) is 3.65. The predicted octanol–water partition coefficient (Wildman–Crippen LogP) is 1.86. The largest absolute Gasteiger partial charge is 0.378 e. The third-order valence-corrected chi connectivity index (χ3v) is 3.85. The second-order valence-electron chi connectivity index (χ2n) is 5.76. The standard InChI is InChI=1S/C12H13N3OS.C5H11N/c1-15(2)9-5-3-8(4-6-9)7-10-11(16)14-12(17)13-10;1-2-4-6-5-3-1/h3-7H,1-2H3,(H2,13,14,16,17);6H,1-5H2. The molecule has 0 radical (unpaired) electrons. The highest BCUT2D eigenvalue weighted by Gasteiger charge is 2.19. The Balaban J connectivity index is 0.000000268. The van der Waals surface area contributed by atoms with Crippen LogP contribution >= 0.6 is 12.2 Å². The van der Waals surface area contributed by atoms with E-state index in [1.54, 1.807) is 6.08 Å². The van der Waals surface area contributed by atoms with E-state index >= 15 is 0 Å². The van der Waals surface area contributed by atoms with E-state index in [0.717, 1.165) is 11.3 Å². The van der Waals surface area contributed by atoms with Crippen molar-refractivity contribution in [2.45, 2.75) is 19.3 Å². The monoisotopic (exact) mass is 332 g/mol. The molecule has 3 rings (SSSR count). The molecule has 5 nitrogen and oxygen atoms in total. The van der Waals surface area contributed by atoms with Gasteiger partial charge in [-0.2, -0.15) is 0 Å². The first-order valence-electron chi connectivity index (χ1n) is 7.88. The number of nitrogens with zero attached hydrogens (tertiary/aromatic N) is 1. The van der Waals surface area contributed by atoms with Crippen LogP contribution in [-0.2, 0) is 4.79 Å². The Bertz CT molecular complexity index is 565. The molecule has 2 aliphatic rings. The number of carbonyl (C=O) groups excluding carboxylic acids is 1. The molecule has 0 spiro atoms. The third kappa shape index (κ3) is 5.65. The molecule has 0 unspecified atom stereocenters. The maximum atomic E-state index is 11.4. The van der Waals surface area contributed by atoms with Crippen LogP contribution in [0.3, 0.4) is 0 Å². The first kappa shape index (κ1) is 17.4. The highest BCUT2D eigenvalue weighted by molar-refractivity contribution is 7.80. The first-order chi connectivity index (χ1) is 11.1. The van der Waals surface area contributed by atoms with Crippen molar-refractivity contribution >= 4 is 35.0 Å². The van der Waals surface area contributed by atoms with Gasteiger partial charge in [0, 0.05) is 19.8 Å². The molecule has 0 atom stereocenters. The number of anilines is 1. The van der Waals surface area contributed by atoms with Gasteiger partial charge in [0.1, 0.15) is 5.70 Å². The van der Waals surface area contributed by atoms with Gasteiger partial charge in [-0.05, 0) is 61.9 Å². The minimum Gasteiger partial charge on any atom is -0.378 e. The molecule has 1 aromatic carbocycles. The summed E-state index contributed by atoms with van der Waals surface area (Å²) >= 11 is 4.85. The summed E-state index contributed by atoms with van der Waals surface area (Å²) in [6.07, 6.45) is 5.99. The van der Waals surface area contributed by atoms with Gasteiger partial charge in [0.05, 0.1) is 0 Å².